The van der Waals surface area contributed by atoms with Crippen molar-refractivity contribution in [3.8, 4) is 44.5 Å². The van der Waals surface area contributed by atoms with Crippen molar-refractivity contribution in [3.63, 3.8) is 0 Å². The van der Waals surface area contributed by atoms with Gasteiger partial charge in [-0.1, -0.05) is 170 Å². The van der Waals surface area contributed by atoms with Gasteiger partial charge in [0.25, 0.3) is 0 Å². The van der Waals surface area contributed by atoms with E-state index >= 15 is 0 Å². The zero-order valence-electron chi connectivity index (χ0n) is 38.4. The van der Waals surface area contributed by atoms with Crippen molar-refractivity contribution in [2.24, 2.45) is 0 Å². The normalized spacial score (nSPS) is 13.2. The second kappa shape index (κ2) is 20.1. The standard InChI is InChI=1S/C56H48O12S4/c57-69(58,59)33-53-45-21-41(37-13-5-1-6-14-37)22-46(53)30-48-24-43(39-17-9-3-10-18-39)26-50(55(48)35-71(63,64)65)32-52-28-44(40-19-11-4-12-20-40)27-51(56(52)36-72(66,67)68)31-49-25-42(38-15-7-2-8-16-38)23-47(29-45)54(49)34-70(60,61)62/h1-28H,29-36H2,(H,57,58,59)(H,60,61,62)(H,63,64,65)(H,66,67,68)/p-4. The van der Waals surface area contributed by atoms with Gasteiger partial charge >= 0.3 is 0 Å². The summed E-state index contributed by atoms with van der Waals surface area (Å²) in [6, 6.07) is 49.8. The summed E-state index contributed by atoms with van der Waals surface area (Å²) in [7, 11) is -20.3. The average Bonchev–Trinajstić information content (AvgIpc) is 3.32. The molecule has 72 heavy (non-hydrogen) atoms. The van der Waals surface area contributed by atoms with E-state index in [0.717, 1.165) is 0 Å². The van der Waals surface area contributed by atoms with E-state index in [4.69, 9.17) is 0 Å². The molecule has 0 aromatic heterocycles. The maximum atomic E-state index is 13.1. The first-order valence-electron chi connectivity index (χ1n) is 22.7. The molecule has 16 heteroatoms. The van der Waals surface area contributed by atoms with Crippen molar-refractivity contribution in [3.05, 3.63) is 237 Å². The molecule has 0 unspecified atom stereocenters. The van der Waals surface area contributed by atoms with Crippen molar-refractivity contribution in [1.29, 1.82) is 0 Å². The smallest absolute Gasteiger partial charge is 0.0988 e. The summed E-state index contributed by atoms with van der Waals surface area (Å²) in [5, 5.41) is 0. The molecule has 8 bridgehead atoms. The van der Waals surface area contributed by atoms with E-state index in [1.54, 1.807) is 97.1 Å². The minimum Gasteiger partial charge on any atom is -0.748 e. The Labute approximate surface area is 419 Å². The van der Waals surface area contributed by atoms with Gasteiger partial charge < -0.3 is 18.2 Å². The second-order valence-corrected chi connectivity index (χ2v) is 23.7. The molecule has 368 valence electrons. The molecular formula is C56H44O12S4-4. The Morgan fingerprint density at radius 1 is 0.250 bits per heavy atom. The Hall–Kier alpha value is -6.60. The lowest BCUT2D eigenvalue weighted by Gasteiger charge is -2.26. The monoisotopic (exact) mass is 1040 g/mol. The van der Waals surface area contributed by atoms with E-state index in [-0.39, 0.29) is 92.4 Å². The Kier molecular flexibility index (Phi) is 14.1. The van der Waals surface area contributed by atoms with Gasteiger partial charge in [-0.05, 0) is 137 Å². The molecule has 12 nitrogen and oxygen atoms in total. The van der Waals surface area contributed by atoms with Crippen LogP contribution in [0.15, 0.2) is 170 Å². The molecule has 0 saturated carbocycles. The molecule has 0 spiro atoms. The first-order chi connectivity index (χ1) is 34.1. The fourth-order valence-corrected chi connectivity index (χ4v) is 12.8. The van der Waals surface area contributed by atoms with Gasteiger partial charge in [0.05, 0.1) is 63.5 Å². The number of fused-ring (bicyclic) bond motifs is 8. The van der Waals surface area contributed by atoms with Crippen LogP contribution in [0.1, 0.15) is 66.8 Å². The van der Waals surface area contributed by atoms with Crippen LogP contribution in [-0.2, 0) is 89.2 Å². The minimum absolute atomic E-state index is 0.0580. The Balaban J connectivity index is 1.47. The van der Waals surface area contributed by atoms with E-state index in [2.05, 4.69) is 0 Å². The van der Waals surface area contributed by atoms with Gasteiger partial charge in [-0.2, -0.15) is 0 Å². The Bertz CT molecular complexity index is 3230. The third-order valence-electron chi connectivity index (χ3n) is 13.0. The molecule has 0 amide bonds. The third-order valence-corrected chi connectivity index (χ3v) is 15.5. The predicted octanol–water partition coefficient (Wildman–Crippen LogP) is 9.21. The molecule has 1 aliphatic rings. The van der Waals surface area contributed by atoms with E-state index in [0.29, 0.717) is 44.5 Å². The first kappa shape index (κ1) is 50.3. The molecule has 0 saturated heterocycles. The number of hydrogen-bond acceptors (Lipinski definition) is 12. The highest BCUT2D eigenvalue weighted by Gasteiger charge is 2.26. The quantitative estimate of drug-likeness (QED) is 0.104. The van der Waals surface area contributed by atoms with Gasteiger partial charge in [0.15, 0.2) is 0 Å². The lowest BCUT2D eigenvalue weighted by molar-refractivity contribution is 0.459. The van der Waals surface area contributed by atoms with Gasteiger partial charge in [-0.3, -0.25) is 0 Å². The molecule has 0 atom stereocenters. The number of hydrogen-bond donors (Lipinski definition) is 0. The zero-order valence-corrected chi connectivity index (χ0v) is 41.6. The second-order valence-electron chi connectivity index (χ2n) is 18.1. The van der Waals surface area contributed by atoms with Crippen LogP contribution < -0.4 is 0 Å². The van der Waals surface area contributed by atoms with Crippen molar-refractivity contribution in [1.82, 2.24) is 0 Å². The van der Waals surface area contributed by atoms with Crippen molar-refractivity contribution in [2.45, 2.75) is 48.7 Å². The van der Waals surface area contributed by atoms with E-state index in [9.17, 15) is 51.9 Å². The fraction of sp³-hybridized carbons (Fsp3) is 0.143. The molecular weight excluding hydrogens is 993 g/mol. The molecule has 8 aromatic carbocycles. The maximum absolute atomic E-state index is 13.1. The summed E-state index contributed by atoms with van der Waals surface area (Å²) in [6.07, 6.45) is -0.924. The van der Waals surface area contributed by atoms with Crippen molar-refractivity contribution >= 4 is 40.5 Å². The first-order valence-corrected chi connectivity index (χ1v) is 29.0. The minimum atomic E-state index is -5.08. The molecule has 8 aromatic rings. The predicted molar refractivity (Wildman–Crippen MR) is 272 cm³/mol. The highest BCUT2D eigenvalue weighted by atomic mass is 32.2. The van der Waals surface area contributed by atoms with Crippen molar-refractivity contribution in [2.75, 3.05) is 0 Å². The molecule has 0 N–H and O–H groups in total. The van der Waals surface area contributed by atoms with Crippen LogP contribution in [-0.4, -0.2) is 51.9 Å². The molecule has 0 radical (unpaired) electrons. The van der Waals surface area contributed by atoms with Gasteiger partial charge in [0.1, 0.15) is 0 Å². The van der Waals surface area contributed by atoms with Crippen LogP contribution >= 0.6 is 0 Å². The van der Waals surface area contributed by atoms with Gasteiger partial charge in [-0.15, -0.1) is 0 Å². The Morgan fingerprint density at radius 2 is 0.403 bits per heavy atom. The third kappa shape index (κ3) is 12.3. The lowest BCUT2D eigenvalue weighted by atomic mass is 9.82. The highest BCUT2D eigenvalue weighted by Crippen LogP contribution is 2.39. The molecule has 0 fully saturated rings. The summed E-state index contributed by atoms with van der Waals surface area (Å²) in [5.74, 6) is -4.14. The SMILES string of the molecule is O=S(=O)([O-])Cc1c2cc(-c3ccccc3)cc1Cc1cc(-c3ccccc3)cc(c1CS(=O)(=O)[O-])Cc1cc(-c3ccccc3)cc(c1CS(=O)(=O)[O-])Cc1cc(-c3ccccc3)cc(c1CS(=O)(=O)[O-])C2. The van der Waals surface area contributed by atoms with Crippen LogP contribution in [0.5, 0.6) is 0 Å². The van der Waals surface area contributed by atoms with E-state index < -0.39 is 63.5 Å². The molecule has 1 aliphatic carbocycles. The van der Waals surface area contributed by atoms with Crippen LogP contribution in [0.3, 0.4) is 0 Å². The highest BCUT2D eigenvalue weighted by molar-refractivity contribution is 7.85. The van der Waals surface area contributed by atoms with Gasteiger partial charge in [0.2, 0.25) is 0 Å². The van der Waals surface area contributed by atoms with E-state index in [1.165, 1.54) is 0 Å². The summed E-state index contributed by atoms with van der Waals surface area (Å²) < 4.78 is 157. The topological polar surface area (TPSA) is 229 Å². The summed E-state index contributed by atoms with van der Waals surface area (Å²) in [6.45, 7) is 0. The Morgan fingerprint density at radius 3 is 0.542 bits per heavy atom. The summed E-state index contributed by atoms with van der Waals surface area (Å²) in [5.41, 5.74) is 7.46. The lowest BCUT2D eigenvalue weighted by Crippen LogP contribution is -2.16. The summed E-state index contributed by atoms with van der Waals surface area (Å²) in [4.78, 5) is 0. The zero-order chi connectivity index (χ0) is 51.0. The number of benzene rings is 8. The summed E-state index contributed by atoms with van der Waals surface area (Å²) >= 11 is 0. The molecule has 0 aliphatic heterocycles. The van der Waals surface area contributed by atoms with Crippen LogP contribution in [0.25, 0.3) is 44.5 Å². The number of rotatable bonds is 12. The van der Waals surface area contributed by atoms with Crippen LogP contribution in [0.2, 0.25) is 0 Å². The maximum Gasteiger partial charge on any atom is 0.0988 e. The van der Waals surface area contributed by atoms with Gasteiger partial charge in [-0.25, -0.2) is 33.7 Å². The largest absolute Gasteiger partial charge is 0.748 e. The van der Waals surface area contributed by atoms with Crippen molar-refractivity contribution < 1.29 is 51.9 Å². The molecule has 9 rings (SSSR count). The van der Waals surface area contributed by atoms with Gasteiger partial charge in [0, 0.05) is 0 Å². The fourth-order valence-electron chi connectivity index (χ4n) is 9.91. The average molecular weight is 1040 g/mol. The van der Waals surface area contributed by atoms with Crippen LogP contribution in [0, 0.1) is 0 Å². The molecule has 0 heterocycles. The van der Waals surface area contributed by atoms with E-state index in [1.807, 2.05) is 72.8 Å². The van der Waals surface area contributed by atoms with Crippen LogP contribution in [0.4, 0.5) is 0 Å².